The molecule has 3 nitrogen and oxygen atoms in total. The lowest BCUT2D eigenvalue weighted by Crippen LogP contribution is -2.33. The second kappa shape index (κ2) is 3.95. The van der Waals surface area contributed by atoms with E-state index in [-0.39, 0.29) is 35.5 Å². The summed E-state index contributed by atoms with van der Waals surface area (Å²) in [6, 6.07) is 5.36. The van der Waals surface area contributed by atoms with Crippen LogP contribution in [0.5, 0.6) is 0 Å². The minimum absolute atomic E-state index is 0.0535. The van der Waals surface area contributed by atoms with Gasteiger partial charge in [-0.15, -0.1) is 0 Å². The van der Waals surface area contributed by atoms with Crippen molar-refractivity contribution in [2.24, 2.45) is 23.7 Å². The second-order valence-electron chi connectivity index (χ2n) is 5.90. The van der Waals surface area contributed by atoms with Crippen LogP contribution in [-0.2, 0) is 9.59 Å². The summed E-state index contributed by atoms with van der Waals surface area (Å²) in [6.07, 6.45) is 5.16. The highest BCUT2D eigenvalue weighted by molar-refractivity contribution is 6.32. The maximum absolute atomic E-state index is 12.7. The van der Waals surface area contributed by atoms with E-state index in [0.717, 1.165) is 12.0 Å². The van der Waals surface area contributed by atoms with Crippen LogP contribution in [-0.4, -0.2) is 11.8 Å². The van der Waals surface area contributed by atoms with E-state index in [0.29, 0.717) is 10.7 Å². The van der Waals surface area contributed by atoms with Crippen molar-refractivity contribution in [3.8, 4) is 0 Å². The van der Waals surface area contributed by atoms with Crippen molar-refractivity contribution in [3.05, 3.63) is 40.9 Å². The van der Waals surface area contributed by atoms with E-state index in [4.69, 9.17) is 11.6 Å². The van der Waals surface area contributed by atoms with Gasteiger partial charge in [0.05, 0.1) is 17.5 Å². The Morgan fingerprint density at radius 2 is 1.70 bits per heavy atom. The van der Waals surface area contributed by atoms with Gasteiger partial charge in [-0.05, 0) is 42.9 Å². The van der Waals surface area contributed by atoms with Crippen molar-refractivity contribution in [2.45, 2.75) is 13.3 Å². The number of fused-ring (bicyclic) bond motifs is 5. The third kappa shape index (κ3) is 1.36. The van der Waals surface area contributed by atoms with Crippen LogP contribution < -0.4 is 4.90 Å². The van der Waals surface area contributed by atoms with Crippen molar-refractivity contribution < 1.29 is 9.59 Å². The Morgan fingerprint density at radius 3 is 2.30 bits per heavy atom. The third-order valence-electron chi connectivity index (χ3n) is 4.95. The topological polar surface area (TPSA) is 37.4 Å². The number of anilines is 1. The molecule has 2 bridgehead atoms. The number of amides is 2. The molecule has 3 aliphatic rings. The Kier molecular flexibility index (Phi) is 2.40. The first kappa shape index (κ1) is 12.2. The van der Waals surface area contributed by atoms with Crippen LogP contribution in [0.3, 0.4) is 0 Å². The summed E-state index contributed by atoms with van der Waals surface area (Å²) in [5.41, 5.74) is 1.43. The number of carbonyl (C=O) groups is 2. The quantitative estimate of drug-likeness (QED) is 0.588. The number of hydrogen-bond donors (Lipinski definition) is 0. The second-order valence-corrected chi connectivity index (χ2v) is 6.30. The summed E-state index contributed by atoms with van der Waals surface area (Å²) in [7, 11) is 0. The van der Waals surface area contributed by atoms with Gasteiger partial charge in [0.1, 0.15) is 0 Å². The van der Waals surface area contributed by atoms with Crippen molar-refractivity contribution in [1.82, 2.24) is 0 Å². The molecule has 4 heteroatoms. The van der Waals surface area contributed by atoms with Gasteiger partial charge >= 0.3 is 0 Å². The molecule has 20 heavy (non-hydrogen) atoms. The van der Waals surface area contributed by atoms with Crippen LogP contribution in [0, 0.1) is 30.6 Å². The lowest BCUT2D eigenvalue weighted by Gasteiger charge is -2.19. The fraction of sp³-hybridized carbons (Fsp3) is 0.375. The number of imide groups is 1. The van der Waals surface area contributed by atoms with Gasteiger partial charge in [0.15, 0.2) is 0 Å². The van der Waals surface area contributed by atoms with Crippen molar-refractivity contribution in [3.63, 3.8) is 0 Å². The number of allylic oxidation sites excluding steroid dienone is 2. The number of nitrogens with zero attached hydrogens (tertiary/aromatic N) is 1. The van der Waals surface area contributed by atoms with Gasteiger partial charge in [-0.2, -0.15) is 0 Å². The van der Waals surface area contributed by atoms with Gasteiger partial charge in [-0.1, -0.05) is 29.8 Å². The molecule has 2 amide bonds. The molecule has 1 aromatic carbocycles. The summed E-state index contributed by atoms with van der Waals surface area (Å²) in [5, 5.41) is 0.584. The number of carbonyl (C=O) groups excluding carboxylic acids is 2. The molecule has 2 fully saturated rings. The molecule has 2 aliphatic carbocycles. The summed E-state index contributed by atoms with van der Waals surface area (Å²) < 4.78 is 0. The summed E-state index contributed by atoms with van der Waals surface area (Å²) in [5.74, 6) is 0.0630. The zero-order valence-electron chi connectivity index (χ0n) is 11.0. The molecule has 1 aromatic rings. The molecule has 0 radical (unpaired) electrons. The first-order valence-corrected chi connectivity index (χ1v) is 7.28. The fourth-order valence-corrected chi connectivity index (χ4v) is 4.15. The van der Waals surface area contributed by atoms with E-state index in [9.17, 15) is 9.59 Å². The molecule has 1 aliphatic heterocycles. The van der Waals surface area contributed by atoms with Crippen LogP contribution >= 0.6 is 11.6 Å². The smallest absolute Gasteiger partial charge is 0.238 e. The molecule has 0 spiro atoms. The summed E-state index contributed by atoms with van der Waals surface area (Å²) in [4.78, 5) is 26.7. The van der Waals surface area contributed by atoms with Crippen molar-refractivity contribution >= 4 is 29.1 Å². The van der Waals surface area contributed by atoms with E-state index in [1.165, 1.54) is 4.90 Å². The number of hydrogen-bond acceptors (Lipinski definition) is 2. The van der Waals surface area contributed by atoms with Crippen LogP contribution in [0.2, 0.25) is 5.02 Å². The maximum atomic E-state index is 12.7. The zero-order valence-corrected chi connectivity index (χ0v) is 11.8. The average Bonchev–Trinajstić information content (AvgIpc) is 3.09. The van der Waals surface area contributed by atoms with E-state index >= 15 is 0 Å². The molecule has 0 unspecified atom stereocenters. The van der Waals surface area contributed by atoms with Gasteiger partial charge in [0.25, 0.3) is 0 Å². The zero-order chi connectivity index (χ0) is 14.0. The van der Waals surface area contributed by atoms with Crippen molar-refractivity contribution in [1.29, 1.82) is 0 Å². The third-order valence-corrected chi connectivity index (χ3v) is 5.36. The highest BCUT2D eigenvalue weighted by Crippen LogP contribution is 2.53. The van der Waals surface area contributed by atoms with E-state index in [1.54, 1.807) is 18.2 Å². The first-order chi connectivity index (χ1) is 9.59. The predicted molar refractivity (Wildman–Crippen MR) is 76.4 cm³/mol. The Morgan fingerprint density at radius 1 is 1.10 bits per heavy atom. The van der Waals surface area contributed by atoms with Crippen molar-refractivity contribution in [2.75, 3.05) is 4.90 Å². The Balaban J connectivity index is 1.80. The van der Waals surface area contributed by atoms with Crippen LogP contribution in [0.1, 0.15) is 12.0 Å². The van der Waals surface area contributed by atoms with E-state index in [1.807, 2.05) is 6.92 Å². The van der Waals surface area contributed by atoms with Gasteiger partial charge in [-0.25, -0.2) is 4.90 Å². The molecule has 4 rings (SSSR count). The monoisotopic (exact) mass is 287 g/mol. The number of halogens is 1. The van der Waals surface area contributed by atoms with Crippen LogP contribution in [0.15, 0.2) is 30.4 Å². The standard InChI is InChI=1S/C16H14ClNO2/c1-8-11(17)3-2-4-12(8)18-15(19)13-9-5-6-10(7-9)14(13)16(18)20/h2-6,9-10,13-14H,7H2,1H3/t9-,10+,13-,14+. The van der Waals surface area contributed by atoms with Gasteiger partial charge in [0.2, 0.25) is 11.8 Å². The van der Waals surface area contributed by atoms with Gasteiger partial charge in [-0.3, -0.25) is 9.59 Å². The predicted octanol–water partition coefficient (Wildman–Crippen LogP) is 2.96. The average molecular weight is 288 g/mol. The van der Waals surface area contributed by atoms with Crippen LogP contribution in [0.4, 0.5) is 5.69 Å². The van der Waals surface area contributed by atoms with E-state index < -0.39 is 0 Å². The minimum Gasteiger partial charge on any atom is -0.274 e. The molecule has 0 N–H and O–H groups in total. The SMILES string of the molecule is Cc1c(Cl)cccc1N1C(=O)[C@@H]2[C@H](C1=O)[C@@H]1C=C[C@H]2C1. The molecule has 1 heterocycles. The number of benzene rings is 1. The summed E-state index contributed by atoms with van der Waals surface area (Å²) >= 11 is 6.12. The molecule has 102 valence electrons. The minimum atomic E-state index is -0.157. The van der Waals surface area contributed by atoms with E-state index in [2.05, 4.69) is 12.2 Å². The summed E-state index contributed by atoms with van der Waals surface area (Å²) in [6.45, 7) is 1.85. The first-order valence-electron chi connectivity index (χ1n) is 6.91. The lowest BCUT2D eigenvalue weighted by atomic mass is 9.85. The largest absolute Gasteiger partial charge is 0.274 e. The maximum Gasteiger partial charge on any atom is 0.238 e. The van der Waals surface area contributed by atoms with Gasteiger partial charge < -0.3 is 0 Å². The highest BCUT2D eigenvalue weighted by Gasteiger charge is 2.59. The molecule has 1 saturated heterocycles. The van der Waals surface area contributed by atoms with Gasteiger partial charge in [0, 0.05) is 5.02 Å². The van der Waals surface area contributed by atoms with Crippen LogP contribution in [0.25, 0.3) is 0 Å². The molecular formula is C16H14ClNO2. The Bertz CT molecular complexity index is 636. The molecule has 4 atom stereocenters. The highest BCUT2D eigenvalue weighted by atomic mass is 35.5. The Labute approximate surface area is 122 Å². The fourth-order valence-electron chi connectivity index (χ4n) is 3.98. The molecular weight excluding hydrogens is 274 g/mol. The molecule has 0 aromatic heterocycles. The Hall–Kier alpha value is -1.61. The molecule has 1 saturated carbocycles. The lowest BCUT2D eigenvalue weighted by molar-refractivity contribution is -0.123. The normalized spacial score (nSPS) is 34.2. The number of rotatable bonds is 1.